The third kappa shape index (κ3) is 4.40. The number of nitrogens with one attached hydrogen (secondary N) is 2. The van der Waals surface area contributed by atoms with Crippen molar-refractivity contribution < 1.29 is 19.0 Å². The normalized spacial score (nSPS) is 16.2. The molecule has 1 aliphatic heterocycles. The van der Waals surface area contributed by atoms with Crippen LogP contribution in [0.25, 0.3) is 0 Å². The molecule has 0 saturated carbocycles. The molecule has 0 spiro atoms. The third-order valence-electron chi connectivity index (χ3n) is 4.08. The molecule has 2 heterocycles. The highest BCUT2D eigenvalue weighted by Gasteiger charge is 2.16. The van der Waals surface area contributed by atoms with Gasteiger partial charge in [0.15, 0.2) is 11.5 Å². The molecule has 1 aromatic carbocycles. The molecular weight excluding hydrogens is 336 g/mol. The highest BCUT2D eigenvalue weighted by atomic mass is 16.5. The fourth-order valence-electron chi connectivity index (χ4n) is 2.71. The van der Waals surface area contributed by atoms with Crippen molar-refractivity contribution in [1.82, 2.24) is 9.97 Å². The molecule has 1 amide bonds. The predicted octanol–water partition coefficient (Wildman–Crippen LogP) is 2.34. The van der Waals surface area contributed by atoms with Crippen LogP contribution >= 0.6 is 0 Å². The van der Waals surface area contributed by atoms with E-state index in [2.05, 4.69) is 20.6 Å². The minimum Gasteiger partial charge on any atom is -0.493 e. The van der Waals surface area contributed by atoms with Crippen molar-refractivity contribution in [2.24, 2.45) is 0 Å². The number of benzene rings is 1. The van der Waals surface area contributed by atoms with Crippen LogP contribution in [0.1, 0.15) is 23.3 Å². The predicted molar refractivity (Wildman–Crippen MR) is 97.0 cm³/mol. The molecule has 1 aliphatic rings. The maximum atomic E-state index is 12.5. The molecule has 1 atom stereocenters. The Morgan fingerprint density at radius 2 is 2.08 bits per heavy atom. The van der Waals surface area contributed by atoms with Gasteiger partial charge < -0.3 is 24.8 Å². The summed E-state index contributed by atoms with van der Waals surface area (Å²) in [4.78, 5) is 20.6. The van der Waals surface area contributed by atoms with Crippen LogP contribution in [0.15, 0.2) is 30.6 Å². The molecule has 0 bridgehead atoms. The fraction of sp³-hybridized carbons (Fsp3) is 0.389. The van der Waals surface area contributed by atoms with E-state index in [-0.39, 0.29) is 17.7 Å². The number of ether oxygens (including phenoxy) is 3. The summed E-state index contributed by atoms with van der Waals surface area (Å²) in [5.41, 5.74) is 0.852. The molecule has 0 aliphatic carbocycles. The van der Waals surface area contributed by atoms with Gasteiger partial charge in [0.2, 0.25) is 0 Å². The molecule has 3 rings (SSSR count). The lowest BCUT2D eigenvalue weighted by atomic mass is 10.2. The first kappa shape index (κ1) is 17.9. The molecule has 138 valence electrons. The molecule has 26 heavy (non-hydrogen) atoms. The van der Waals surface area contributed by atoms with Gasteiger partial charge >= 0.3 is 0 Å². The number of rotatable bonds is 7. The van der Waals surface area contributed by atoms with Crippen molar-refractivity contribution in [3.8, 4) is 11.5 Å². The van der Waals surface area contributed by atoms with Crippen LogP contribution in [0.4, 0.5) is 11.5 Å². The average Bonchev–Trinajstić information content (AvgIpc) is 3.20. The Kier molecular flexibility index (Phi) is 5.85. The number of anilines is 2. The molecular formula is C18H22N4O4. The molecule has 8 heteroatoms. The average molecular weight is 358 g/mol. The van der Waals surface area contributed by atoms with Gasteiger partial charge in [-0.05, 0) is 25.0 Å². The van der Waals surface area contributed by atoms with Gasteiger partial charge in [0.05, 0.1) is 20.3 Å². The monoisotopic (exact) mass is 358 g/mol. The Hall–Kier alpha value is -2.87. The highest BCUT2D eigenvalue weighted by Crippen LogP contribution is 2.29. The van der Waals surface area contributed by atoms with E-state index < -0.39 is 0 Å². The maximum absolute atomic E-state index is 12.5. The first-order chi connectivity index (χ1) is 12.7. The van der Waals surface area contributed by atoms with Gasteiger partial charge in [-0.2, -0.15) is 0 Å². The lowest BCUT2D eigenvalue weighted by molar-refractivity contribution is 0.102. The van der Waals surface area contributed by atoms with Crippen molar-refractivity contribution in [3.05, 3.63) is 36.3 Å². The van der Waals surface area contributed by atoms with E-state index in [0.717, 1.165) is 19.4 Å². The van der Waals surface area contributed by atoms with Gasteiger partial charge in [-0.25, -0.2) is 9.97 Å². The zero-order valence-electron chi connectivity index (χ0n) is 14.8. The molecule has 8 nitrogen and oxygen atoms in total. The van der Waals surface area contributed by atoms with Crippen LogP contribution in [-0.4, -0.2) is 49.4 Å². The first-order valence-corrected chi connectivity index (χ1v) is 8.40. The number of carbonyl (C=O) groups is 1. The van der Waals surface area contributed by atoms with Gasteiger partial charge in [0.25, 0.3) is 5.91 Å². The van der Waals surface area contributed by atoms with Crippen LogP contribution in [0.3, 0.4) is 0 Å². The van der Waals surface area contributed by atoms with Gasteiger partial charge in [0.1, 0.15) is 17.8 Å². The first-order valence-electron chi connectivity index (χ1n) is 8.40. The molecule has 2 N–H and O–H groups in total. The second-order valence-corrected chi connectivity index (χ2v) is 5.83. The van der Waals surface area contributed by atoms with E-state index in [1.807, 2.05) is 0 Å². The number of carbonyl (C=O) groups excluding carboxylic acids is 1. The topological polar surface area (TPSA) is 94.6 Å². The summed E-state index contributed by atoms with van der Waals surface area (Å²) in [6.45, 7) is 1.46. The Labute approximate surface area is 151 Å². The Bertz CT molecular complexity index is 763. The smallest absolute Gasteiger partial charge is 0.274 e. The Morgan fingerprint density at radius 3 is 2.81 bits per heavy atom. The van der Waals surface area contributed by atoms with Gasteiger partial charge in [-0.15, -0.1) is 0 Å². The van der Waals surface area contributed by atoms with E-state index in [0.29, 0.717) is 29.5 Å². The summed E-state index contributed by atoms with van der Waals surface area (Å²) in [6, 6.07) is 6.76. The van der Waals surface area contributed by atoms with E-state index in [4.69, 9.17) is 14.2 Å². The summed E-state index contributed by atoms with van der Waals surface area (Å²) >= 11 is 0. The summed E-state index contributed by atoms with van der Waals surface area (Å²) in [5, 5.41) is 5.98. The quantitative estimate of drug-likeness (QED) is 0.784. The summed E-state index contributed by atoms with van der Waals surface area (Å²) in [7, 11) is 3.10. The lowest BCUT2D eigenvalue weighted by Gasteiger charge is -2.12. The van der Waals surface area contributed by atoms with Crippen LogP contribution in [0.2, 0.25) is 0 Å². The molecule has 2 aromatic rings. The summed E-state index contributed by atoms with van der Waals surface area (Å²) < 4.78 is 16.0. The summed E-state index contributed by atoms with van der Waals surface area (Å²) in [6.07, 6.45) is 3.66. The summed E-state index contributed by atoms with van der Waals surface area (Å²) in [5.74, 6) is 1.38. The van der Waals surface area contributed by atoms with Gasteiger partial charge in [-0.1, -0.05) is 0 Å². The number of amides is 1. The second kappa shape index (κ2) is 8.48. The largest absolute Gasteiger partial charge is 0.493 e. The lowest BCUT2D eigenvalue weighted by Crippen LogP contribution is -2.20. The van der Waals surface area contributed by atoms with Crippen LogP contribution < -0.4 is 20.1 Å². The molecule has 1 saturated heterocycles. The number of hydrogen-bond acceptors (Lipinski definition) is 7. The van der Waals surface area contributed by atoms with Crippen LogP contribution in [-0.2, 0) is 4.74 Å². The van der Waals surface area contributed by atoms with Gasteiger partial charge in [0, 0.05) is 31.0 Å². The minimum absolute atomic E-state index is 0.189. The second-order valence-electron chi connectivity index (χ2n) is 5.83. The SMILES string of the molecule is COc1ccc(NC(=O)c2cc(NCC3CCCO3)ncn2)cc1OC. The van der Waals surface area contributed by atoms with Crippen molar-refractivity contribution in [2.45, 2.75) is 18.9 Å². The molecule has 1 fully saturated rings. The number of hydrogen-bond donors (Lipinski definition) is 2. The standard InChI is InChI=1S/C18H22N4O4/c1-24-15-6-5-12(8-16(15)25-2)22-18(23)14-9-17(21-11-20-14)19-10-13-4-3-7-26-13/h5-6,8-9,11,13H,3-4,7,10H2,1-2H3,(H,22,23)(H,19,20,21). The van der Waals surface area contributed by atoms with Crippen molar-refractivity contribution in [1.29, 1.82) is 0 Å². The zero-order valence-corrected chi connectivity index (χ0v) is 14.8. The number of aromatic nitrogens is 2. The third-order valence-corrected chi connectivity index (χ3v) is 4.08. The molecule has 1 aromatic heterocycles. The molecule has 0 radical (unpaired) electrons. The van der Waals surface area contributed by atoms with E-state index in [9.17, 15) is 4.79 Å². The van der Waals surface area contributed by atoms with E-state index in [1.54, 1.807) is 38.5 Å². The van der Waals surface area contributed by atoms with Crippen LogP contribution in [0.5, 0.6) is 11.5 Å². The van der Waals surface area contributed by atoms with Gasteiger partial charge in [-0.3, -0.25) is 4.79 Å². The Balaban J connectivity index is 1.64. The van der Waals surface area contributed by atoms with E-state index >= 15 is 0 Å². The zero-order chi connectivity index (χ0) is 18.4. The fourth-order valence-corrected chi connectivity index (χ4v) is 2.71. The number of nitrogens with zero attached hydrogens (tertiary/aromatic N) is 2. The highest BCUT2D eigenvalue weighted by molar-refractivity contribution is 6.03. The number of methoxy groups -OCH3 is 2. The minimum atomic E-state index is -0.334. The van der Waals surface area contributed by atoms with Crippen molar-refractivity contribution >= 4 is 17.4 Å². The van der Waals surface area contributed by atoms with Crippen LogP contribution in [0, 0.1) is 0 Å². The maximum Gasteiger partial charge on any atom is 0.274 e. The van der Waals surface area contributed by atoms with Crippen molar-refractivity contribution in [2.75, 3.05) is 38.0 Å². The van der Waals surface area contributed by atoms with Crippen molar-refractivity contribution in [3.63, 3.8) is 0 Å². The Morgan fingerprint density at radius 1 is 1.23 bits per heavy atom. The van der Waals surface area contributed by atoms with E-state index in [1.165, 1.54) is 6.33 Å². The molecule has 1 unspecified atom stereocenters.